The van der Waals surface area contributed by atoms with Gasteiger partial charge in [0.1, 0.15) is 5.58 Å². The predicted octanol–water partition coefficient (Wildman–Crippen LogP) is 4.83. The second-order valence-electron chi connectivity index (χ2n) is 4.89. The van der Waals surface area contributed by atoms with E-state index in [4.69, 9.17) is 27.6 Å². The molecule has 1 N–H and O–H groups in total. The lowest BCUT2D eigenvalue weighted by Crippen LogP contribution is -2.14. The zero-order valence-electron chi connectivity index (χ0n) is 12.2. The van der Waals surface area contributed by atoms with Gasteiger partial charge in [-0.05, 0) is 24.3 Å². The van der Waals surface area contributed by atoms with Gasteiger partial charge in [0.2, 0.25) is 5.91 Å². The molecule has 122 valence electrons. The predicted molar refractivity (Wildman–Crippen MR) is 98.3 cm³/mol. The quantitative estimate of drug-likeness (QED) is 0.520. The van der Waals surface area contributed by atoms with E-state index in [1.54, 1.807) is 30.3 Å². The third-order valence-corrected chi connectivity index (χ3v) is 4.97. The summed E-state index contributed by atoms with van der Waals surface area (Å²) >= 11 is 13.0. The molecule has 2 aromatic carbocycles. The highest BCUT2D eigenvalue weighted by Gasteiger charge is 2.09. The Labute approximate surface area is 151 Å². The van der Waals surface area contributed by atoms with Crippen LogP contribution >= 0.6 is 35.0 Å². The molecule has 0 bridgehead atoms. The normalized spacial score (nSPS) is 10.8. The van der Waals surface area contributed by atoms with Crippen LogP contribution in [0.1, 0.15) is 0 Å². The van der Waals surface area contributed by atoms with Gasteiger partial charge in [-0.1, -0.05) is 41.4 Å². The zero-order valence-corrected chi connectivity index (χ0v) is 14.5. The fraction of sp³-hybridized carbons (Fsp3) is 0.0588. The number of rotatable bonds is 4. The van der Waals surface area contributed by atoms with Crippen molar-refractivity contribution >= 4 is 57.5 Å². The molecule has 0 unspecified atom stereocenters. The summed E-state index contributed by atoms with van der Waals surface area (Å²) in [6.07, 6.45) is 0. The molecule has 1 heterocycles. The van der Waals surface area contributed by atoms with E-state index < -0.39 is 5.63 Å². The molecule has 1 amide bonds. The maximum Gasteiger partial charge on any atom is 0.337 e. The highest BCUT2D eigenvalue weighted by atomic mass is 35.5. The molecule has 0 saturated carbocycles. The maximum absolute atomic E-state index is 12.1. The first-order chi connectivity index (χ1) is 11.5. The fourth-order valence-corrected chi connectivity index (χ4v) is 3.28. The van der Waals surface area contributed by atoms with E-state index in [0.717, 1.165) is 5.39 Å². The Kier molecular flexibility index (Phi) is 5.14. The van der Waals surface area contributed by atoms with Gasteiger partial charge in [-0.15, -0.1) is 11.8 Å². The molecule has 0 atom stereocenters. The van der Waals surface area contributed by atoms with Crippen molar-refractivity contribution in [3.8, 4) is 0 Å². The summed E-state index contributed by atoms with van der Waals surface area (Å²) in [5, 5.41) is 4.33. The Bertz CT molecular complexity index is 971. The Morgan fingerprint density at radius 2 is 1.88 bits per heavy atom. The highest BCUT2D eigenvalue weighted by molar-refractivity contribution is 8.00. The van der Waals surface area contributed by atoms with Crippen LogP contribution in [-0.4, -0.2) is 11.7 Å². The van der Waals surface area contributed by atoms with Crippen molar-refractivity contribution in [1.82, 2.24) is 0 Å². The Hall–Kier alpha value is -1.95. The molecule has 0 aliphatic carbocycles. The van der Waals surface area contributed by atoms with Crippen molar-refractivity contribution in [2.45, 2.75) is 4.90 Å². The van der Waals surface area contributed by atoms with Crippen LogP contribution in [0.2, 0.25) is 10.0 Å². The molecule has 7 heteroatoms. The third-order valence-electron chi connectivity index (χ3n) is 3.17. The van der Waals surface area contributed by atoms with E-state index in [0.29, 0.717) is 26.2 Å². The minimum Gasteiger partial charge on any atom is -0.423 e. The average molecular weight is 380 g/mol. The van der Waals surface area contributed by atoms with Crippen molar-refractivity contribution in [3.63, 3.8) is 0 Å². The van der Waals surface area contributed by atoms with Crippen LogP contribution in [0.15, 0.2) is 62.6 Å². The first-order valence-electron chi connectivity index (χ1n) is 6.93. The summed E-state index contributed by atoms with van der Waals surface area (Å²) < 4.78 is 5.13. The van der Waals surface area contributed by atoms with Gasteiger partial charge in [0.25, 0.3) is 0 Å². The maximum atomic E-state index is 12.1. The molecule has 24 heavy (non-hydrogen) atoms. The van der Waals surface area contributed by atoms with Gasteiger partial charge >= 0.3 is 5.63 Å². The molecular formula is C17H11Cl2NO3S. The Morgan fingerprint density at radius 1 is 1.08 bits per heavy atom. The molecule has 1 aromatic heterocycles. The average Bonchev–Trinajstić information content (AvgIpc) is 2.56. The van der Waals surface area contributed by atoms with Crippen LogP contribution in [0.25, 0.3) is 11.0 Å². The monoisotopic (exact) mass is 379 g/mol. The van der Waals surface area contributed by atoms with E-state index in [-0.39, 0.29) is 11.7 Å². The van der Waals surface area contributed by atoms with Crippen LogP contribution < -0.4 is 10.9 Å². The van der Waals surface area contributed by atoms with Crippen molar-refractivity contribution in [3.05, 3.63) is 69.0 Å². The summed E-state index contributed by atoms with van der Waals surface area (Å²) in [5.41, 5.74) is 0.617. The summed E-state index contributed by atoms with van der Waals surface area (Å²) in [7, 11) is 0. The van der Waals surface area contributed by atoms with E-state index in [1.807, 2.05) is 12.1 Å². The topological polar surface area (TPSA) is 59.3 Å². The summed E-state index contributed by atoms with van der Waals surface area (Å²) in [4.78, 5) is 24.4. The van der Waals surface area contributed by atoms with E-state index in [2.05, 4.69) is 5.32 Å². The Morgan fingerprint density at radius 3 is 2.67 bits per heavy atom. The van der Waals surface area contributed by atoms with Crippen LogP contribution in [0, 0.1) is 0 Å². The van der Waals surface area contributed by atoms with E-state index >= 15 is 0 Å². The van der Waals surface area contributed by atoms with Crippen molar-refractivity contribution in [2.24, 2.45) is 0 Å². The number of thioether (sulfide) groups is 1. The lowest BCUT2D eigenvalue weighted by atomic mass is 10.2. The number of benzene rings is 2. The standard InChI is InChI=1S/C17H11Cl2NO3S/c18-12-6-5-10(7-13(12)19)20-16(21)9-24-15-8-17(22)23-14-4-2-1-3-11(14)15/h1-8H,9H2,(H,20,21). The van der Waals surface area contributed by atoms with Crippen LogP contribution in [0.5, 0.6) is 0 Å². The van der Waals surface area contributed by atoms with Crippen LogP contribution in [-0.2, 0) is 4.79 Å². The minimum absolute atomic E-state index is 0.147. The number of hydrogen-bond acceptors (Lipinski definition) is 4. The van der Waals surface area contributed by atoms with Gasteiger partial charge < -0.3 is 9.73 Å². The molecule has 3 rings (SSSR count). The molecule has 0 radical (unpaired) electrons. The smallest absolute Gasteiger partial charge is 0.337 e. The lowest BCUT2D eigenvalue weighted by Gasteiger charge is -2.07. The van der Waals surface area contributed by atoms with Crippen LogP contribution in [0.3, 0.4) is 0 Å². The van der Waals surface area contributed by atoms with E-state index in [9.17, 15) is 9.59 Å². The van der Waals surface area contributed by atoms with Gasteiger partial charge in [-0.3, -0.25) is 4.79 Å². The number of para-hydroxylation sites is 1. The number of carbonyl (C=O) groups is 1. The molecule has 0 fully saturated rings. The minimum atomic E-state index is -0.443. The number of carbonyl (C=O) groups excluding carboxylic acids is 1. The number of amides is 1. The van der Waals surface area contributed by atoms with E-state index in [1.165, 1.54) is 17.8 Å². The molecule has 0 spiro atoms. The summed E-state index contributed by atoms with van der Waals surface area (Å²) in [6, 6.07) is 13.5. The van der Waals surface area contributed by atoms with Gasteiger partial charge in [-0.2, -0.15) is 0 Å². The number of hydrogen-bond donors (Lipinski definition) is 1. The molecule has 0 saturated heterocycles. The third kappa shape index (κ3) is 3.93. The van der Waals surface area contributed by atoms with Gasteiger partial charge in [0.05, 0.1) is 15.8 Å². The zero-order chi connectivity index (χ0) is 17.1. The fourth-order valence-electron chi connectivity index (χ4n) is 2.12. The molecule has 0 aliphatic heterocycles. The van der Waals surface area contributed by atoms with Crippen LogP contribution in [0.4, 0.5) is 5.69 Å². The summed E-state index contributed by atoms with van der Waals surface area (Å²) in [6.45, 7) is 0. The van der Waals surface area contributed by atoms with Gasteiger partial charge in [0, 0.05) is 22.0 Å². The first-order valence-corrected chi connectivity index (χ1v) is 8.68. The first kappa shape index (κ1) is 16.9. The number of nitrogens with one attached hydrogen (secondary N) is 1. The van der Waals surface area contributed by atoms with Gasteiger partial charge in [-0.25, -0.2) is 4.79 Å². The highest BCUT2D eigenvalue weighted by Crippen LogP contribution is 2.27. The van der Waals surface area contributed by atoms with Crippen molar-refractivity contribution in [1.29, 1.82) is 0 Å². The second-order valence-corrected chi connectivity index (χ2v) is 6.72. The molecule has 3 aromatic rings. The second kappa shape index (κ2) is 7.30. The Balaban J connectivity index is 1.72. The molecule has 4 nitrogen and oxygen atoms in total. The number of anilines is 1. The van der Waals surface area contributed by atoms with Crippen molar-refractivity contribution in [2.75, 3.05) is 11.1 Å². The van der Waals surface area contributed by atoms with Gasteiger partial charge in [0.15, 0.2) is 0 Å². The van der Waals surface area contributed by atoms with Crippen molar-refractivity contribution < 1.29 is 9.21 Å². The molecule has 0 aliphatic rings. The number of fused-ring (bicyclic) bond motifs is 1. The lowest BCUT2D eigenvalue weighted by molar-refractivity contribution is -0.113. The largest absolute Gasteiger partial charge is 0.423 e. The number of halogens is 2. The molecular weight excluding hydrogens is 369 g/mol. The summed E-state index contributed by atoms with van der Waals surface area (Å²) in [5.74, 6) is -0.0658. The SMILES string of the molecule is O=C(CSc1cc(=O)oc2ccccc12)Nc1ccc(Cl)c(Cl)c1.